The summed E-state index contributed by atoms with van der Waals surface area (Å²) in [4.78, 5) is 9.03. The summed E-state index contributed by atoms with van der Waals surface area (Å²) in [6.07, 6.45) is 3.95. The van der Waals surface area contributed by atoms with Crippen molar-refractivity contribution >= 4 is 44.3 Å². The Hall–Kier alpha value is -3.92. The van der Waals surface area contributed by atoms with Gasteiger partial charge in [-0.2, -0.15) is 5.10 Å². The van der Waals surface area contributed by atoms with Crippen LogP contribution in [0.25, 0.3) is 10.9 Å². The lowest BCUT2D eigenvalue weighted by Crippen LogP contribution is -2.09. The molecule has 0 radical (unpaired) electrons. The van der Waals surface area contributed by atoms with Crippen molar-refractivity contribution in [2.45, 2.75) is 40.7 Å². The number of hydrogen-bond acceptors (Lipinski definition) is 8. The Balaban J connectivity index is 1.17. The average molecular weight is 517 g/mol. The molecule has 2 N–H and O–H groups in total. The third-order valence-electron chi connectivity index (χ3n) is 7.59. The van der Waals surface area contributed by atoms with Crippen molar-refractivity contribution in [3.8, 4) is 11.5 Å². The molecule has 1 spiro atoms. The van der Waals surface area contributed by atoms with Crippen molar-refractivity contribution in [3.63, 3.8) is 0 Å². The second-order valence-corrected chi connectivity index (χ2v) is 12.0. The molecule has 188 valence electrons. The number of pyridine rings is 1. The molecule has 0 amide bonds. The van der Waals surface area contributed by atoms with Crippen LogP contribution in [0.3, 0.4) is 0 Å². The van der Waals surface area contributed by atoms with Gasteiger partial charge in [0.2, 0.25) is 0 Å². The first-order valence-corrected chi connectivity index (χ1v) is 13.7. The number of fused-ring (bicyclic) bond motifs is 3. The van der Waals surface area contributed by atoms with Crippen LogP contribution in [0.4, 0.5) is 17.3 Å². The van der Waals surface area contributed by atoms with Gasteiger partial charge < -0.3 is 14.8 Å². The fourth-order valence-corrected chi connectivity index (χ4v) is 6.88. The maximum atomic E-state index is 12.6. The molecule has 3 heterocycles. The Labute approximate surface area is 215 Å². The molecule has 2 fully saturated rings. The number of aromatic amines is 1. The Morgan fingerprint density at radius 2 is 1.97 bits per heavy atom. The highest BCUT2D eigenvalue weighted by atomic mass is 32.2. The van der Waals surface area contributed by atoms with E-state index in [0.717, 1.165) is 39.9 Å². The summed E-state index contributed by atoms with van der Waals surface area (Å²) in [5.74, 6) is 2.17. The standard InChI is InChI=1S/C27H25N5O4S/c1-35-16-4-8-22-20(10-16)27(14-29-22)12-21(27)15-3-7-19-23(9-15)31-32-25(19)30-26-24(36-2)11-18(13-28-26)37(33,34)17-5-6-17/h3-4,7-11,13-14,17,21H,5-6,12H2,1-2H3,(H2,28,30,31,32)/t21-,27-/m0/s1/i14D. The number of benzene rings is 2. The Bertz CT molecular complexity index is 1760. The lowest BCUT2D eigenvalue weighted by atomic mass is 9.92. The molecule has 3 aliphatic rings. The molecule has 2 atom stereocenters. The van der Waals surface area contributed by atoms with Crippen LogP contribution in [0.5, 0.6) is 11.5 Å². The number of nitrogens with zero attached hydrogens (tertiary/aromatic N) is 3. The number of rotatable bonds is 7. The van der Waals surface area contributed by atoms with Gasteiger partial charge in [-0.25, -0.2) is 13.4 Å². The Kier molecular flexibility index (Phi) is 4.46. The summed E-state index contributed by atoms with van der Waals surface area (Å²) < 4.78 is 44.7. The SMILES string of the molecule is [2H]C1=Nc2ccc(OC)cc2[C@]12C[C@H]2c1ccc2c(Nc3ncc(S(=O)(=O)C4CC4)cc3OC)n[nH]c2c1. The second kappa shape index (κ2) is 7.79. The lowest BCUT2D eigenvalue weighted by Gasteiger charge is -2.12. The van der Waals surface area contributed by atoms with Gasteiger partial charge in [0.15, 0.2) is 27.2 Å². The summed E-state index contributed by atoms with van der Waals surface area (Å²) in [6.45, 7) is 0. The number of aliphatic imine (C=N–C) groups is 1. The molecule has 0 unspecified atom stereocenters. The molecule has 7 rings (SSSR count). The van der Waals surface area contributed by atoms with Gasteiger partial charge in [-0.3, -0.25) is 10.1 Å². The van der Waals surface area contributed by atoms with E-state index in [2.05, 4.69) is 37.6 Å². The summed E-state index contributed by atoms with van der Waals surface area (Å²) in [6, 6.07) is 13.4. The highest BCUT2D eigenvalue weighted by molar-refractivity contribution is 7.92. The molecule has 10 heteroatoms. The van der Waals surface area contributed by atoms with E-state index in [-0.39, 0.29) is 16.1 Å². The van der Waals surface area contributed by atoms with Crippen molar-refractivity contribution in [1.82, 2.24) is 15.2 Å². The first-order chi connectivity index (χ1) is 18.3. The topological polar surface area (TPSA) is 119 Å². The predicted molar refractivity (Wildman–Crippen MR) is 141 cm³/mol. The monoisotopic (exact) mass is 516 g/mol. The van der Waals surface area contributed by atoms with Crippen molar-refractivity contribution in [2.24, 2.45) is 4.99 Å². The number of aromatic nitrogens is 3. The molecule has 9 nitrogen and oxygen atoms in total. The molecule has 4 aromatic rings. The normalized spacial score (nSPS) is 22.5. The van der Waals surface area contributed by atoms with Crippen molar-refractivity contribution in [2.75, 3.05) is 19.5 Å². The number of anilines is 2. The first-order valence-electron chi connectivity index (χ1n) is 12.6. The largest absolute Gasteiger partial charge is 0.497 e. The van der Waals surface area contributed by atoms with E-state index >= 15 is 0 Å². The molecule has 1 aliphatic heterocycles. The van der Waals surface area contributed by atoms with Gasteiger partial charge in [-0.05, 0) is 66.6 Å². The van der Waals surface area contributed by atoms with Crippen LogP contribution in [-0.4, -0.2) is 49.3 Å². The quantitative estimate of drug-likeness (QED) is 0.362. The van der Waals surface area contributed by atoms with E-state index in [0.29, 0.717) is 36.4 Å². The van der Waals surface area contributed by atoms with Crippen molar-refractivity contribution in [1.29, 1.82) is 0 Å². The van der Waals surface area contributed by atoms with Crippen molar-refractivity contribution in [3.05, 3.63) is 59.8 Å². The minimum absolute atomic E-state index is 0.138. The number of methoxy groups -OCH3 is 2. The molecular formula is C27H25N5O4S. The minimum Gasteiger partial charge on any atom is -0.497 e. The fourth-order valence-electron chi connectivity index (χ4n) is 5.27. The van der Waals surface area contributed by atoms with Crippen LogP contribution in [0.1, 0.15) is 37.7 Å². The number of sulfone groups is 1. The first kappa shape index (κ1) is 21.2. The fraction of sp³-hybridized carbons (Fsp3) is 0.296. The van der Waals surface area contributed by atoms with Crippen LogP contribution < -0.4 is 14.8 Å². The molecule has 2 saturated carbocycles. The zero-order valence-corrected chi connectivity index (χ0v) is 21.1. The third kappa shape index (κ3) is 3.42. The van der Waals surface area contributed by atoms with Gasteiger partial charge in [-0.15, -0.1) is 0 Å². The molecule has 0 bridgehead atoms. The van der Waals surface area contributed by atoms with Crippen LogP contribution in [0.15, 0.2) is 58.5 Å². The summed E-state index contributed by atoms with van der Waals surface area (Å²) >= 11 is 0. The summed E-state index contributed by atoms with van der Waals surface area (Å²) in [5, 5.41) is 11.2. The van der Waals surface area contributed by atoms with Gasteiger partial charge >= 0.3 is 0 Å². The Morgan fingerprint density at radius 1 is 1.11 bits per heavy atom. The molecule has 0 saturated heterocycles. The second-order valence-electron chi connectivity index (χ2n) is 9.80. The maximum absolute atomic E-state index is 12.6. The van der Waals surface area contributed by atoms with E-state index in [1.165, 1.54) is 19.4 Å². The molecular weight excluding hydrogens is 490 g/mol. The highest BCUT2D eigenvalue weighted by Crippen LogP contribution is 2.64. The molecule has 2 aromatic carbocycles. The van der Waals surface area contributed by atoms with Crippen LogP contribution in [-0.2, 0) is 15.3 Å². The molecule has 37 heavy (non-hydrogen) atoms. The van der Waals surface area contributed by atoms with Gasteiger partial charge in [-0.1, -0.05) is 6.07 Å². The lowest BCUT2D eigenvalue weighted by molar-refractivity contribution is 0.413. The number of nitrogens with one attached hydrogen (secondary N) is 2. The van der Waals surface area contributed by atoms with E-state index < -0.39 is 15.3 Å². The molecule has 2 aromatic heterocycles. The minimum atomic E-state index is -3.38. The van der Waals surface area contributed by atoms with E-state index in [4.69, 9.17) is 10.8 Å². The van der Waals surface area contributed by atoms with Crippen LogP contribution in [0.2, 0.25) is 0 Å². The van der Waals surface area contributed by atoms with E-state index in [1.807, 2.05) is 24.3 Å². The van der Waals surface area contributed by atoms with E-state index in [1.54, 1.807) is 7.11 Å². The number of hydrogen-bond donors (Lipinski definition) is 2. The maximum Gasteiger partial charge on any atom is 0.182 e. The number of H-pyrrole nitrogens is 1. The van der Waals surface area contributed by atoms with Gasteiger partial charge in [0.05, 0.1) is 36.9 Å². The summed E-state index contributed by atoms with van der Waals surface area (Å²) in [5.41, 5.74) is 3.41. The third-order valence-corrected chi connectivity index (χ3v) is 9.82. The summed E-state index contributed by atoms with van der Waals surface area (Å²) in [7, 11) is -0.251. The number of ether oxygens (including phenoxy) is 2. The van der Waals surface area contributed by atoms with Crippen LogP contribution >= 0.6 is 0 Å². The smallest absolute Gasteiger partial charge is 0.182 e. The van der Waals surface area contributed by atoms with Gasteiger partial charge in [0, 0.05) is 29.3 Å². The Morgan fingerprint density at radius 3 is 2.76 bits per heavy atom. The predicted octanol–water partition coefficient (Wildman–Crippen LogP) is 4.80. The van der Waals surface area contributed by atoms with Crippen molar-refractivity contribution < 1.29 is 19.3 Å². The van der Waals surface area contributed by atoms with E-state index in [9.17, 15) is 8.42 Å². The molecule has 2 aliphatic carbocycles. The average Bonchev–Trinajstić information content (AvgIpc) is 3.84. The zero-order chi connectivity index (χ0) is 26.2. The van der Waals surface area contributed by atoms with Gasteiger partial charge in [0.1, 0.15) is 5.75 Å². The van der Waals surface area contributed by atoms with Gasteiger partial charge in [0.25, 0.3) is 0 Å². The zero-order valence-electron chi connectivity index (χ0n) is 21.3. The van der Waals surface area contributed by atoms with Crippen LogP contribution in [0, 0.1) is 0 Å². The highest BCUT2D eigenvalue weighted by Gasteiger charge is 2.58.